The van der Waals surface area contributed by atoms with E-state index in [4.69, 9.17) is 9.73 Å². The summed E-state index contributed by atoms with van der Waals surface area (Å²) in [5.74, 6) is 1.59. The Morgan fingerprint density at radius 1 is 1.30 bits per heavy atom. The highest BCUT2D eigenvalue weighted by atomic mass is 127. The van der Waals surface area contributed by atoms with Gasteiger partial charge in [-0.25, -0.2) is 0 Å². The molecule has 0 unspecified atom stereocenters. The minimum Gasteiger partial charge on any atom is -0.385 e. The van der Waals surface area contributed by atoms with Crippen LogP contribution in [0.5, 0.6) is 0 Å². The van der Waals surface area contributed by atoms with Crippen LogP contribution >= 0.6 is 24.0 Å². The summed E-state index contributed by atoms with van der Waals surface area (Å²) in [6, 6.07) is 0. The smallest absolute Gasteiger partial charge is 0.191 e. The van der Waals surface area contributed by atoms with Crippen molar-refractivity contribution in [3.8, 4) is 0 Å². The summed E-state index contributed by atoms with van der Waals surface area (Å²) in [6.07, 6.45) is 5.07. The predicted molar refractivity (Wildman–Crippen MR) is 97.0 cm³/mol. The van der Waals surface area contributed by atoms with Crippen LogP contribution in [0.1, 0.15) is 46.5 Å². The lowest BCUT2D eigenvalue weighted by atomic mass is 9.67. The van der Waals surface area contributed by atoms with Crippen molar-refractivity contribution in [3.05, 3.63) is 0 Å². The molecule has 0 saturated heterocycles. The van der Waals surface area contributed by atoms with Crippen LogP contribution in [0.15, 0.2) is 4.99 Å². The van der Waals surface area contributed by atoms with E-state index in [1.807, 2.05) is 0 Å². The van der Waals surface area contributed by atoms with E-state index >= 15 is 0 Å². The molecule has 0 aromatic rings. The van der Waals surface area contributed by atoms with Gasteiger partial charge >= 0.3 is 0 Å². The highest BCUT2D eigenvalue weighted by Gasteiger charge is 2.36. The molecule has 1 saturated carbocycles. The number of ether oxygens (including phenoxy) is 1. The third kappa shape index (κ3) is 7.11. The molecule has 1 fully saturated rings. The standard InChI is InChI=1S/C15H31N3O.HI/c1-5-16-14(17-11-13(2)3)18-12-15(7-6-8-15)9-10-19-4;/h13H,5-12H2,1-4H3,(H2,16,17,18);1H. The van der Waals surface area contributed by atoms with Gasteiger partial charge in [0.2, 0.25) is 0 Å². The summed E-state index contributed by atoms with van der Waals surface area (Å²) in [5, 5.41) is 6.73. The molecule has 1 aliphatic rings. The van der Waals surface area contributed by atoms with Crippen molar-refractivity contribution in [3.63, 3.8) is 0 Å². The maximum atomic E-state index is 5.23. The van der Waals surface area contributed by atoms with E-state index in [0.717, 1.165) is 38.6 Å². The van der Waals surface area contributed by atoms with Gasteiger partial charge in [0.1, 0.15) is 0 Å². The first-order valence-electron chi connectivity index (χ1n) is 7.63. The van der Waals surface area contributed by atoms with Gasteiger partial charge in [0.25, 0.3) is 0 Å². The van der Waals surface area contributed by atoms with Crippen LogP contribution in [-0.4, -0.2) is 39.3 Å². The zero-order chi connectivity index (χ0) is 14.1. The molecule has 0 spiro atoms. The summed E-state index contributed by atoms with van der Waals surface area (Å²) in [7, 11) is 1.78. The molecule has 0 amide bonds. The van der Waals surface area contributed by atoms with Gasteiger partial charge in [-0.3, -0.25) is 4.99 Å². The van der Waals surface area contributed by atoms with E-state index in [1.165, 1.54) is 19.3 Å². The minimum absolute atomic E-state index is 0. The molecule has 0 atom stereocenters. The largest absolute Gasteiger partial charge is 0.385 e. The van der Waals surface area contributed by atoms with Crippen molar-refractivity contribution >= 4 is 29.9 Å². The minimum atomic E-state index is 0. The molecule has 0 aromatic carbocycles. The maximum Gasteiger partial charge on any atom is 0.191 e. The van der Waals surface area contributed by atoms with E-state index in [1.54, 1.807) is 7.11 Å². The number of methoxy groups -OCH3 is 1. The van der Waals surface area contributed by atoms with Gasteiger partial charge in [0.05, 0.1) is 0 Å². The SMILES string of the molecule is CCNC(=NCC1(CCOC)CCC1)NCC(C)C.I. The molecule has 0 aromatic heterocycles. The first-order chi connectivity index (χ1) is 9.12. The van der Waals surface area contributed by atoms with Gasteiger partial charge in [-0.2, -0.15) is 0 Å². The lowest BCUT2D eigenvalue weighted by molar-refractivity contribution is 0.0778. The van der Waals surface area contributed by atoms with Gasteiger partial charge in [0, 0.05) is 33.4 Å². The lowest BCUT2D eigenvalue weighted by Gasteiger charge is -2.40. The Balaban J connectivity index is 0.00000361. The van der Waals surface area contributed by atoms with Crippen molar-refractivity contribution in [1.29, 1.82) is 0 Å². The quantitative estimate of drug-likeness (QED) is 0.376. The topological polar surface area (TPSA) is 45.7 Å². The average Bonchev–Trinajstić information content (AvgIpc) is 2.33. The fourth-order valence-corrected chi connectivity index (χ4v) is 2.37. The Morgan fingerprint density at radius 2 is 2.00 bits per heavy atom. The van der Waals surface area contributed by atoms with Crippen molar-refractivity contribution < 1.29 is 4.74 Å². The highest BCUT2D eigenvalue weighted by molar-refractivity contribution is 14.0. The molecule has 5 heteroatoms. The molecular formula is C15H32IN3O. The van der Waals surface area contributed by atoms with Crippen LogP contribution in [0, 0.1) is 11.3 Å². The number of guanidine groups is 1. The Labute approximate surface area is 141 Å². The summed E-state index contributed by atoms with van der Waals surface area (Å²) in [4.78, 5) is 4.77. The van der Waals surface area contributed by atoms with Gasteiger partial charge < -0.3 is 15.4 Å². The molecule has 1 rings (SSSR count). The summed E-state index contributed by atoms with van der Waals surface area (Å²) in [5.41, 5.74) is 0.399. The third-order valence-corrected chi connectivity index (χ3v) is 3.85. The maximum absolute atomic E-state index is 5.23. The molecule has 0 aliphatic heterocycles. The molecule has 4 nitrogen and oxygen atoms in total. The summed E-state index contributed by atoms with van der Waals surface area (Å²) >= 11 is 0. The fraction of sp³-hybridized carbons (Fsp3) is 0.933. The van der Waals surface area contributed by atoms with Gasteiger partial charge in [-0.1, -0.05) is 20.3 Å². The summed E-state index contributed by atoms with van der Waals surface area (Å²) < 4.78 is 5.23. The normalized spacial score (nSPS) is 17.4. The van der Waals surface area contributed by atoms with E-state index in [-0.39, 0.29) is 24.0 Å². The van der Waals surface area contributed by atoms with Gasteiger partial charge in [-0.15, -0.1) is 24.0 Å². The van der Waals surface area contributed by atoms with Gasteiger partial charge in [0.15, 0.2) is 5.96 Å². The molecule has 0 bridgehead atoms. The number of hydrogen-bond donors (Lipinski definition) is 2. The Hall–Kier alpha value is -0.0400. The molecule has 120 valence electrons. The molecule has 20 heavy (non-hydrogen) atoms. The number of aliphatic imine (C=N–C) groups is 1. The number of rotatable bonds is 8. The summed E-state index contributed by atoms with van der Waals surface area (Å²) in [6.45, 7) is 10.2. The number of nitrogens with one attached hydrogen (secondary N) is 2. The average molecular weight is 397 g/mol. The Morgan fingerprint density at radius 3 is 2.45 bits per heavy atom. The van der Waals surface area contributed by atoms with Crippen molar-refractivity contribution in [2.24, 2.45) is 16.3 Å². The van der Waals surface area contributed by atoms with E-state index in [0.29, 0.717) is 11.3 Å². The number of nitrogens with zero attached hydrogens (tertiary/aromatic N) is 1. The zero-order valence-corrected chi connectivity index (χ0v) is 15.8. The number of hydrogen-bond acceptors (Lipinski definition) is 2. The first-order valence-corrected chi connectivity index (χ1v) is 7.63. The van der Waals surface area contributed by atoms with Crippen molar-refractivity contribution in [2.45, 2.75) is 46.5 Å². The van der Waals surface area contributed by atoms with Crippen LogP contribution in [0.3, 0.4) is 0 Å². The molecule has 1 aliphatic carbocycles. The fourth-order valence-electron chi connectivity index (χ4n) is 2.37. The van der Waals surface area contributed by atoms with Crippen LogP contribution in [0.25, 0.3) is 0 Å². The van der Waals surface area contributed by atoms with E-state index in [2.05, 4.69) is 31.4 Å². The second-order valence-corrected chi connectivity index (χ2v) is 6.07. The van der Waals surface area contributed by atoms with Crippen molar-refractivity contribution in [2.75, 3.05) is 33.4 Å². The van der Waals surface area contributed by atoms with Gasteiger partial charge in [-0.05, 0) is 37.5 Å². The molecule has 0 heterocycles. The molecule has 2 N–H and O–H groups in total. The van der Waals surface area contributed by atoms with Crippen LogP contribution < -0.4 is 10.6 Å². The van der Waals surface area contributed by atoms with Crippen molar-refractivity contribution in [1.82, 2.24) is 10.6 Å². The highest BCUT2D eigenvalue weighted by Crippen LogP contribution is 2.44. The second kappa shape index (κ2) is 10.7. The Kier molecular flexibility index (Phi) is 10.6. The Bertz CT molecular complexity index is 278. The molecule has 0 radical (unpaired) electrons. The third-order valence-electron chi connectivity index (χ3n) is 3.85. The van der Waals surface area contributed by atoms with Crippen LogP contribution in [-0.2, 0) is 4.74 Å². The van der Waals surface area contributed by atoms with E-state index in [9.17, 15) is 0 Å². The monoisotopic (exact) mass is 397 g/mol. The lowest BCUT2D eigenvalue weighted by Crippen LogP contribution is -2.41. The van der Waals surface area contributed by atoms with E-state index < -0.39 is 0 Å². The first kappa shape index (κ1) is 20.0. The second-order valence-electron chi connectivity index (χ2n) is 6.07. The van der Waals surface area contributed by atoms with Crippen LogP contribution in [0.4, 0.5) is 0 Å². The number of halogens is 1. The van der Waals surface area contributed by atoms with Crippen LogP contribution in [0.2, 0.25) is 0 Å². The zero-order valence-electron chi connectivity index (χ0n) is 13.5. The molecular weight excluding hydrogens is 365 g/mol. The predicted octanol–water partition coefficient (Wildman–Crippen LogP) is 3.02.